The van der Waals surface area contributed by atoms with Crippen LogP contribution in [-0.2, 0) is 0 Å². The first-order valence-electron chi connectivity index (χ1n) is 9.07. The third-order valence-electron chi connectivity index (χ3n) is 4.97. The molecule has 2 N–H and O–H groups in total. The van der Waals surface area contributed by atoms with Gasteiger partial charge in [-0.1, -0.05) is 0 Å². The fourth-order valence-corrected chi connectivity index (χ4v) is 3.49. The quantitative estimate of drug-likeness (QED) is 0.566. The monoisotopic (exact) mass is 362 g/mol. The van der Waals surface area contributed by atoms with Crippen LogP contribution in [0.1, 0.15) is 33.4 Å². The first kappa shape index (κ1) is 18.8. The van der Waals surface area contributed by atoms with Crippen molar-refractivity contribution in [3.63, 3.8) is 0 Å². The van der Waals surface area contributed by atoms with Crippen molar-refractivity contribution < 1.29 is 14.9 Å². The zero-order valence-corrected chi connectivity index (χ0v) is 16.8. The molecule has 0 saturated heterocycles. The Morgan fingerprint density at radius 3 is 1.26 bits per heavy atom. The molecule has 0 radical (unpaired) electrons. The number of phenols is 2. The fourth-order valence-electron chi connectivity index (χ4n) is 3.49. The lowest BCUT2D eigenvalue weighted by Gasteiger charge is -2.16. The van der Waals surface area contributed by atoms with Crippen LogP contribution in [0.25, 0.3) is 11.1 Å². The van der Waals surface area contributed by atoms with Gasteiger partial charge in [0.1, 0.15) is 23.0 Å². The number of hydrogen-bond donors (Lipinski definition) is 2. The molecule has 0 aromatic heterocycles. The van der Waals surface area contributed by atoms with E-state index in [4.69, 9.17) is 4.74 Å². The van der Waals surface area contributed by atoms with Gasteiger partial charge >= 0.3 is 0 Å². The van der Waals surface area contributed by atoms with E-state index in [0.717, 1.165) is 56.0 Å². The molecule has 27 heavy (non-hydrogen) atoms. The standard InChI is InChI=1S/C24H26O3/c1-13-7-19(8-14(2)22(13)25)20-9-17(5)24(18(6)10-20)27-21-11-15(3)23(26)16(4)12-21/h7-12,25-26H,1-6H3. The third-order valence-corrected chi connectivity index (χ3v) is 4.97. The smallest absolute Gasteiger partial charge is 0.133 e. The third kappa shape index (κ3) is 3.63. The number of aryl methyl sites for hydroxylation is 6. The van der Waals surface area contributed by atoms with E-state index in [1.54, 1.807) is 0 Å². The Morgan fingerprint density at radius 1 is 0.519 bits per heavy atom. The Hall–Kier alpha value is -2.94. The van der Waals surface area contributed by atoms with E-state index in [2.05, 4.69) is 12.1 Å². The fraction of sp³-hybridized carbons (Fsp3) is 0.250. The topological polar surface area (TPSA) is 49.7 Å². The summed E-state index contributed by atoms with van der Waals surface area (Å²) < 4.78 is 6.16. The molecule has 0 fully saturated rings. The van der Waals surface area contributed by atoms with E-state index < -0.39 is 0 Å². The minimum atomic E-state index is 0.309. The first-order chi connectivity index (χ1) is 12.7. The van der Waals surface area contributed by atoms with Crippen molar-refractivity contribution in [1.82, 2.24) is 0 Å². The van der Waals surface area contributed by atoms with Crippen LogP contribution in [0.15, 0.2) is 36.4 Å². The first-order valence-corrected chi connectivity index (χ1v) is 9.07. The van der Waals surface area contributed by atoms with Gasteiger partial charge in [-0.05, 0) is 122 Å². The van der Waals surface area contributed by atoms with Crippen LogP contribution in [-0.4, -0.2) is 10.2 Å². The second-order valence-electron chi connectivity index (χ2n) is 7.41. The molecule has 0 atom stereocenters. The van der Waals surface area contributed by atoms with E-state index >= 15 is 0 Å². The summed E-state index contributed by atoms with van der Waals surface area (Å²) in [5, 5.41) is 20.0. The summed E-state index contributed by atoms with van der Waals surface area (Å²) in [6.07, 6.45) is 0. The van der Waals surface area contributed by atoms with Crippen molar-refractivity contribution in [2.45, 2.75) is 41.5 Å². The van der Waals surface area contributed by atoms with E-state index in [-0.39, 0.29) is 0 Å². The van der Waals surface area contributed by atoms with Crippen LogP contribution in [0.3, 0.4) is 0 Å². The Balaban J connectivity index is 2.01. The Kier molecular flexibility index (Phi) is 4.88. The normalized spacial score (nSPS) is 10.9. The number of aromatic hydroxyl groups is 2. The molecule has 3 aromatic carbocycles. The minimum Gasteiger partial charge on any atom is -0.507 e. The average Bonchev–Trinajstić information content (AvgIpc) is 2.60. The molecule has 0 aliphatic carbocycles. The van der Waals surface area contributed by atoms with E-state index in [1.807, 2.05) is 65.8 Å². The van der Waals surface area contributed by atoms with Crippen LogP contribution >= 0.6 is 0 Å². The van der Waals surface area contributed by atoms with Gasteiger partial charge in [0.25, 0.3) is 0 Å². The van der Waals surface area contributed by atoms with Crippen molar-refractivity contribution in [1.29, 1.82) is 0 Å². The molecule has 0 saturated carbocycles. The summed E-state index contributed by atoms with van der Waals surface area (Å²) >= 11 is 0. The number of phenolic OH excluding ortho intramolecular Hbond substituents is 2. The molecule has 0 aliphatic heterocycles. The molecule has 0 aliphatic rings. The SMILES string of the molecule is Cc1cc(Oc2c(C)cc(-c3cc(C)c(O)c(C)c3)cc2C)cc(C)c1O. The molecule has 0 spiro atoms. The van der Waals surface area contributed by atoms with Crippen molar-refractivity contribution in [3.05, 3.63) is 69.8 Å². The maximum absolute atomic E-state index is 10.0. The number of benzene rings is 3. The predicted molar refractivity (Wildman–Crippen MR) is 110 cm³/mol. The maximum atomic E-state index is 10.0. The van der Waals surface area contributed by atoms with Gasteiger partial charge in [0.15, 0.2) is 0 Å². The Labute approximate surface area is 160 Å². The molecule has 3 nitrogen and oxygen atoms in total. The lowest BCUT2D eigenvalue weighted by molar-refractivity contribution is 0.454. The molecule has 3 rings (SSSR count). The minimum absolute atomic E-state index is 0.309. The molecular formula is C24H26O3. The highest BCUT2D eigenvalue weighted by Crippen LogP contribution is 2.37. The van der Waals surface area contributed by atoms with E-state index in [0.29, 0.717) is 11.5 Å². The molecule has 3 aromatic rings. The van der Waals surface area contributed by atoms with Crippen molar-refractivity contribution in [2.75, 3.05) is 0 Å². The molecule has 140 valence electrons. The van der Waals surface area contributed by atoms with Gasteiger partial charge in [-0.25, -0.2) is 0 Å². The maximum Gasteiger partial charge on any atom is 0.133 e. The van der Waals surface area contributed by atoms with Crippen LogP contribution in [0.5, 0.6) is 23.0 Å². The van der Waals surface area contributed by atoms with Crippen LogP contribution in [0.2, 0.25) is 0 Å². The van der Waals surface area contributed by atoms with Gasteiger partial charge in [-0.2, -0.15) is 0 Å². The molecular weight excluding hydrogens is 336 g/mol. The Bertz CT molecular complexity index is 963. The number of rotatable bonds is 3. The predicted octanol–water partition coefficient (Wildman–Crippen LogP) is 6.41. The second kappa shape index (κ2) is 6.99. The highest BCUT2D eigenvalue weighted by Gasteiger charge is 2.12. The van der Waals surface area contributed by atoms with Crippen LogP contribution in [0, 0.1) is 41.5 Å². The van der Waals surface area contributed by atoms with Crippen molar-refractivity contribution in [3.8, 4) is 34.1 Å². The van der Waals surface area contributed by atoms with Crippen molar-refractivity contribution >= 4 is 0 Å². The number of hydrogen-bond acceptors (Lipinski definition) is 3. The molecule has 0 unspecified atom stereocenters. The Morgan fingerprint density at radius 2 is 0.852 bits per heavy atom. The summed E-state index contributed by atoms with van der Waals surface area (Å²) in [4.78, 5) is 0. The van der Waals surface area contributed by atoms with Gasteiger partial charge in [0.2, 0.25) is 0 Å². The number of ether oxygens (including phenoxy) is 1. The van der Waals surface area contributed by atoms with E-state index in [9.17, 15) is 10.2 Å². The average molecular weight is 362 g/mol. The van der Waals surface area contributed by atoms with Crippen molar-refractivity contribution in [2.24, 2.45) is 0 Å². The largest absolute Gasteiger partial charge is 0.507 e. The molecule has 0 amide bonds. The summed E-state index contributed by atoms with van der Waals surface area (Å²) in [6.45, 7) is 11.6. The molecule has 3 heteroatoms. The van der Waals surface area contributed by atoms with Gasteiger partial charge < -0.3 is 14.9 Å². The summed E-state index contributed by atoms with van der Waals surface area (Å²) in [7, 11) is 0. The highest BCUT2D eigenvalue weighted by atomic mass is 16.5. The highest BCUT2D eigenvalue weighted by molar-refractivity contribution is 5.70. The zero-order chi connectivity index (χ0) is 19.9. The summed E-state index contributed by atoms with van der Waals surface area (Å²) in [5.41, 5.74) is 7.59. The summed E-state index contributed by atoms with van der Waals surface area (Å²) in [6, 6.07) is 11.9. The van der Waals surface area contributed by atoms with Crippen LogP contribution < -0.4 is 4.74 Å². The lowest BCUT2D eigenvalue weighted by Crippen LogP contribution is -1.94. The van der Waals surface area contributed by atoms with Crippen LogP contribution in [0.4, 0.5) is 0 Å². The lowest BCUT2D eigenvalue weighted by atomic mass is 9.96. The van der Waals surface area contributed by atoms with Gasteiger partial charge in [0.05, 0.1) is 0 Å². The second-order valence-corrected chi connectivity index (χ2v) is 7.41. The zero-order valence-electron chi connectivity index (χ0n) is 16.8. The van der Waals surface area contributed by atoms with E-state index in [1.165, 1.54) is 0 Å². The molecule has 0 heterocycles. The van der Waals surface area contributed by atoms with Gasteiger partial charge in [-0.3, -0.25) is 0 Å². The van der Waals surface area contributed by atoms with Gasteiger partial charge in [-0.15, -0.1) is 0 Å². The molecule has 0 bridgehead atoms. The van der Waals surface area contributed by atoms with Gasteiger partial charge in [0, 0.05) is 0 Å². The summed E-state index contributed by atoms with van der Waals surface area (Å²) in [5.74, 6) is 2.21.